The fourth-order valence-corrected chi connectivity index (χ4v) is 4.69. The molecule has 2 N–H and O–H groups in total. The standard InChI is InChI=1S/C23H21N3O2S/c27-20(12-11-16-6-2-1-3-7-16)26-23-21(18-9-4-10-19(18)29-23)22(28)25-15-17-8-5-13-24-14-17/h1-3,5-8,11-14H,4,9-10,15H2,(H,25,28)(H,26,27)/b12-11+. The second kappa shape index (κ2) is 8.84. The van der Waals surface area contributed by atoms with E-state index in [-0.39, 0.29) is 11.8 Å². The number of carbonyl (C=O) groups excluding carboxylic acids is 2. The van der Waals surface area contributed by atoms with Crippen LogP contribution < -0.4 is 10.6 Å². The highest BCUT2D eigenvalue weighted by Gasteiger charge is 2.27. The molecule has 29 heavy (non-hydrogen) atoms. The Morgan fingerprint density at radius 2 is 1.97 bits per heavy atom. The lowest BCUT2D eigenvalue weighted by molar-refractivity contribution is -0.111. The highest BCUT2D eigenvalue weighted by molar-refractivity contribution is 7.17. The zero-order chi connectivity index (χ0) is 20.1. The van der Waals surface area contributed by atoms with Gasteiger partial charge in [-0.15, -0.1) is 11.3 Å². The van der Waals surface area contributed by atoms with Gasteiger partial charge in [0.15, 0.2) is 0 Å². The summed E-state index contributed by atoms with van der Waals surface area (Å²) >= 11 is 1.51. The molecule has 0 saturated heterocycles. The van der Waals surface area contributed by atoms with E-state index in [1.165, 1.54) is 22.3 Å². The molecule has 0 aliphatic heterocycles. The Kier molecular flexibility index (Phi) is 5.81. The molecule has 4 rings (SSSR count). The van der Waals surface area contributed by atoms with Gasteiger partial charge in [-0.2, -0.15) is 0 Å². The molecule has 146 valence electrons. The van der Waals surface area contributed by atoms with Crippen LogP contribution in [0.2, 0.25) is 0 Å². The summed E-state index contributed by atoms with van der Waals surface area (Å²) in [7, 11) is 0. The van der Waals surface area contributed by atoms with Gasteiger partial charge >= 0.3 is 0 Å². The quantitative estimate of drug-likeness (QED) is 0.606. The monoisotopic (exact) mass is 403 g/mol. The molecule has 1 aliphatic rings. The van der Waals surface area contributed by atoms with Crippen molar-refractivity contribution in [2.75, 3.05) is 5.32 Å². The number of thiophene rings is 1. The van der Waals surface area contributed by atoms with Crippen molar-refractivity contribution in [2.45, 2.75) is 25.8 Å². The molecule has 1 aliphatic carbocycles. The lowest BCUT2D eigenvalue weighted by Gasteiger charge is -2.09. The van der Waals surface area contributed by atoms with Crippen molar-refractivity contribution in [1.82, 2.24) is 10.3 Å². The highest BCUT2D eigenvalue weighted by atomic mass is 32.1. The molecule has 1 aromatic carbocycles. The van der Waals surface area contributed by atoms with Gasteiger partial charge in [0.05, 0.1) is 5.56 Å². The van der Waals surface area contributed by atoms with E-state index in [9.17, 15) is 9.59 Å². The largest absolute Gasteiger partial charge is 0.348 e. The van der Waals surface area contributed by atoms with E-state index in [1.54, 1.807) is 18.5 Å². The van der Waals surface area contributed by atoms with Crippen LogP contribution in [0.3, 0.4) is 0 Å². The van der Waals surface area contributed by atoms with Crippen LogP contribution >= 0.6 is 11.3 Å². The summed E-state index contributed by atoms with van der Waals surface area (Å²) in [6, 6.07) is 13.4. The first kappa shape index (κ1) is 19.1. The molecule has 0 spiro atoms. The Morgan fingerprint density at radius 3 is 2.76 bits per heavy atom. The summed E-state index contributed by atoms with van der Waals surface area (Å²) in [5.41, 5.74) is 3.56. The van der Waals surface area contributed by atoms with Crippen LogP contribution in [0, 0.1) is 0 Å². The molecule has 5 nitrogen and oxygen atoms in total. The molecule has 6 heteroatoms. The minimum atomic E-state index is -0.241. The van der Waals surface area contributed by atoms with Crippen LogP contribution in [-0.4, -0.2) is 16.8 Å². The molecule has 0 saturated carbocycles. The highest BCUT2D eigenvalue weighted by Crippen LogP contribution is 2.39. The first-order chi connectivity index (χ1) is 14.2. The molecule has 2 aromatic heterocycles. The minimum absolute atomic E-state index is 0.157. The zero-order valence-corrected chi connectivity index (χ0v) is 16.7. The summed E-state index contributed by atoms with van der Waals surface area (Å²) in [6.45, 7) is 0.401. The van der Waals surface area contributed by atoms with Crippen molar-refractivity contribution in [2.24, 2.45) is 0 Å². The van der Waals surface area contributed by atoms with E-state index in [1.807, 2.05) is 42.5 Å². The van der Waals surface area contributed by atoms with Gasteiger partial charge in [0.2, 0.25) is 5.91 Å². The molecule has 0 bridgehead atoms. The lowest BCUT2D eigenvalue weighted by Crippen LogP contribution is -2.24. The Hall–Kier alpha value is -3.25. The second-order valence-corrected chi connectivity index (χ2v) is 7.94. The third-order valence-electron chi connectivity index (χ3n) is 4.79. The number of aromatic nitrogens is 1. The maximum Gasteiger partial charge on any atom is 0.254 e. The number of fused-ring (bicyclic) bond motifs is 1. The van der Waals surface area contributed by atoms with Crippen LogP contribution in [0.5, 0.6) is 0 Å². The summed E-state index contributed by atoms with van der Waals surface area (Å²) < 4.78 is 0. The van der Waals surface area contributed by atoms with Crippen molar-refractivity contribution in [1.29, 1.82) is 0 Å². The number of nitrogens with zero attached hydrogens (tertiary/aromatic N) is 1. The third kappa shape index (κ3) is 4.60. The maximum atomic E-state index is 12.9. The average Bonchev–Trinajstić information content (AvgIpc) is 3.33. The van der Waals surface area contributed by atoms with E-state index < -0.39 is 0 Å². The SMILES string of the molecule is O=C(/C=C/c1ccccc1)Nc1sc2c(c1C(=O)NCc1cccnc1)CCC2. The lowest BCUT2D eigenvalue weighted by atomic mass is 10.1. The summed E-state index contributed by atoms with van der Waals surface area (Å²) in [6.07, 6.45) is 9.57. The van der Waals surface area contributed by atoms with E-state index in [0.29, 0.717) is 17.1 Å². The van der Waals surface area contributed by atoms with Gasteiger partial charge in [-0.1, -0.05) is 36.4 Å². The van der Waals surface area contributed by atoms with Gasteiger partial charge < -0.3 is 10.6 Å². The molecule has 3 aromatic rings. The van der Waals surface area contributed by atoms with Crippen LogP contribution in [0.4, 0.5) is 5.00 Å². The predicted molar refractivity (Wildman–Crippen MR) is 116 cm³/mol. The third-order valence-corrected chi connectivity index (χ3v) is 5.99. The number of aryl methyl sites for hydroxylation is 1. The van der Waals surface area contributed by atoms with Crippen molar-refractivity contribution >= 4 is 34.2 Å². The average molecular weight is 404 g/mol. The molecule has 2 amide bonds. The normalized spacial score (nSPS) is 12.7. The Morgan fingerprint density at radius 1 is 1.10 bits per heavy atom. The number of benzene rings is 1. The Balaban J connectivity index is 1.49. The fraction of sp³-hybridized carbons (Fsp3) is 0.174. The number of carbonyl (C=O) groups is 2. The van der Waals surface area contributed by atoms with E-state index in [0.717, 1.165) is 36.0 Å². The smallest absolute Gasteiger partial charge is 0.254 e. The van der Waals surface area contributed by atoms with Gasteiger partial charge in [-0.25, -0.2) is 0 Å². The number of nitrogens with one attached hydrogen (secondary N) is 2. The van der Waals surface area contributed by atoms with Gasteiger partial charge in [-0.05, 0) is 48.1 Å². The molecule has 0 unspecified atom stereocenters. The summed E-state index contributed by atoms with van der Waals surface area (Å²) in [4.78, 5) is 30.6. The van der Waals surface area contributed by atoms with Crippen molar-refractivity contribution in [3.63, 3.8) is 0 Å². The van der Waals surface area contributed by atoms with Crippen LogP contribution in [-0.2, 0) is 24.2 Å². The summed E-state index contributed by atoms with van der Waals surface area (Å²) in [5.74, 6) is -0.398. The van der Waals surface area contributed by atoms with Crippen molar-refractivity contribution in [3.05, 3.63) is 88.1 Å². The zero-order valence-electron chi connectivity index (χ0n) is 15.9. The fourth-order valence-electron chi connectivity index (χ4n) is 3.40. The number of amides is 2. The van der Waals surface area contributed by atoms with E-state index in [4.69, 9.17) is 0 Å². The van der Waals surface area contributed by atoms with Crippen molar-refractivity contribution in [3.8, 4) is 0 Å². The maximum absolute atomic E-state index is 12.9. The second-order valence-electron chi connectivity index (χ2n) is 6.84. The van der Waals surface area contributed by atoms with E-state index >= 15 is 0 Å². The van der Waals surface area contributed by atoms with E-state index in [2.05, 4.69) is 15.6 Å². The number of pyridine rings is 1. The van der Waals surface area contributed by atoms with Gasteiger partial charge in [0, 0.05) is 29.9 Å². The number of anilines is 1. The van der Waals surface area contributed by atoms with Crippen LogP contribution in [0.25, 0.3) is 6.08 Å². The summed E-state index contributed by atoms with van der Waals surface area (Å²) in [5, 5.41) is 6.50. The van der Waals surface area contributed by atoms with Gasteiger partial charge in [-0.3, -0.25) is 14.6 Å². The minimum Gasteiger partial charge on any atom is -0.348 e. The van der Waals surface area contributed by atoms with Crippen LogP contribution in [0.1, 0.15) is 38.3 Å². The molecular weight excluding hydrogens is 382 g/mol. The van der Waals surface area contributed by atoms with Crippen LogP contribution in [0.15, 0.2) is 60.9 Å². The number of hydrogen-bond donors (Lipinski definition) is 2. The van der Waals surface area contributed by atoms with Crippen molar-refractivity contribution < 1.29 is 9.59 Å². The molecular formula is C23H21N3O2S. The first-order valence-corrected chi connectivity index (χ1v) is 10.4. The first-order valence-electron chi connectivity index (χ1n) is 9.56. The molecule has 0 atom stereocenters. The number of rotatable bonds is 6. The predicted octanol–water partition coefficient (Wildman–Crippen LogP) is 4.21. The Labute approximate surface area is 173 Å². The molecule has 0 radical (unpaired) electrons. The van der Waals surface area contributed by atoms with Gasteiger partial charge in [0.1, 0.15) is 5.00 Å². The molecule has 0 fully saturated rings. The molecule has 2 heterocycles. The topological polar surface area (TPSA) is 71.1 Å². The van der Waals surface area contributed by atoms with Gasteiger partial charge in [0.25, 0.3) is 5.91 Å². The Bertz CT molecular complexity index is 1040. The number of hydrogen-bond acceptors (Lipinski definition) is 4.